The van der Waals surface area contributed by atoms with Crippen molar-refractivity contribution in [1.82, 2.24) is 5.32 Å². The normalized spacial score (nSPS) is 19.9. The van der Waals surface area contributed by atoms with Crippen molar-refractivity contribution in [3.05, 3.63) is 0 Å². The van der Waals surface area contributed by atoms with E-state index < -0.39 is 0 Å². The highest BCUT2D eigenvalue weighted by Gasteiger charge is 2.16. The van der Waals surface area contributed by atoms with Crippen molar-refractivity contribution in [1.29, 1.82) is 0 Å². The molecule has 0 aromatic carbocycles. The summed E-state index contributed by atoms with van der Waals surface area (Å²) in [6.07, 6.45) is 8.39. The lowest BCUT2D eigenvalue weighted by Crippen LogP contribution is -2.36. The molecule has 0 spiro atoms. The van der Waals surface area contributed by atoms with Gasteiger partial charge in [0.25, 0.3) is 0 Å². The highest BCUT2D eigenvalue weighted by Crippen LogP contribution is 2.28. The Morgan fingerprint density at radius 2 is 2.06 bits per heavy atom. The zero-order valence-corrected chi connectivity index (χ0v) is 11.7. The summed E-state index contributed by atoms with van der Waals surface area (Å²) < 4.78 is 5.27. The first-order valence-electron chi connectivity index (χ1n) is 6.70. The Morgan fingerprint density at radius 1 is 1.31 bits per heavy atom. The Balaban J connectivity index is 2.14. The van der Waals surface area contributed by atoms with Gasteiger partial charge < -0.3 is 10.1 Å². The molecule has 0 radical (unpaired) electrons. The van der Waals surface area contributed by atoms with E-state index in [0.717, 1.165) is 18.4 Å². The fourth-order valence-electron chi connectivity index (χ4n) is 2.20. The lowest BCUT2D eigenvalue weighted by atomic mass is 10.0. The molecule has 0 aromatic heterocycles. The summed E-state index contributed by atoms with van der Waals surface area (Å²) in [4.78, 5) is 0. The number of hydrogen-bond acceptors (Lipinski definition) is 3. The maximum atomic E-state index is 5.27. The minimum atomic E-state index is 0.539. The smallest absolute Gasteiger partial charge is 0.0623 e. The van der Waals surface area contributed by atoms with Crippen LogP contribution >= 0.6 is 11.8 Å². The Morgan fingerprint density at radius 3 is 2.69 bits per heavy atom. The molecule has 1 rings (SSSR count). The van der Waals surface area contributed by atoms with Crippen LogP contribution in [0.1, 0.15) is 45.4 Å². The molecule has 1 aliphatic rings. The van der Waals surface area contributed by atoms with Crippen LogP contribution in [-0.2, 0) is 4.74 Å². The molecule has 0 saturated heterocycles. The van der Waals surface area contributed by atoms with E-state index in [1.54, 1.807) is 7.11 Å². The summed E-state index contributed by atoms with van der Waals surface area (Å²) in [6.45, 7) is 4.17. The van der Waals surface area contributed by atoms with Crippen LogP contribution in [0.4, 0.5) is 0 Å². The van der Waals surface area contributed by atoms with Crippen molar-refractivity contribution in [2.45, 2.75) is 56.7 Å². The van der Waals surface area contributed by atoms with E-state index in [1.807, 2.05) is 0 Å². The number of ether oxygens (including phenoxy) is 1. The topological polar surface area (TPSA) is 21.3 Å². The predicted molar refractivity (Wildman–Crippen MR) is 73.3 cm³/mol. The number of methoxy groups -OCH3 is 1. The molecule has 1 unspecified atom stereocenters. The van der Waals surface area contributed by atoms with Gasteiger partial charge in [0, 0.05) is 24.2 Å². The van der Waals surface area contributed by atoms with Crippen LogP contribution in [0.3, 0.4) is 0 Å². The second kappa shape index (κ2) is 9.32. The number of thioether (sulfide) groups is 1. The maximum Gasteiger partial charge on any atom is 0.0623 e. The third-order valence-electron chi connectivity index (χ3n) is 3.14. The van der Waals surface area contributed by atoms with Crippen LogP contribution in [0.2, 0.25) is 0 Å². The molecule has 0 heterocycles. The van der Waals surface area contributed by atoms with Crippen molar-refractivity contribution >= 4 is 11.8 Å². The minimum Gasteiger partial charge on any atom is -0.383 e. The van der Waals surface area contributed by atoms with Crippen LogP contribution in [0.25, 0.3) is 0 Å². The average molecular weight is 245 g/mol. The molecular formula is C13H27NOS. The SMILES string of the molecule is CCCNC(COC)CSC1CCCCC1. The van der Waals surface area contributed by atoms with Gasteiger partial charge in [0.2, 0.25) is 0 Å². The summed E-state index contributed by atoms with van der Waals surface area (Å²) >= 11 is 2.15. The molecular weight excluding hydrogens is 218 g/mol. The van der Waals surface area contributed by atoms with Crippen LogP contribution < -0.4 is 5.32 Å². The third-order valence-corrected chi connectivity index (χ3v) is 4.67. The summed E-state index contributed by atoms with van der Waals surface area (Å²) in [5, 5.41) is 4.48. The van der Waals surface area contributed by atoms with E-state index in [9.17, 15) is 0 Å². The van der Waals surface area contributed by atoms with Gasteiger partial charge >= 0.3 is 0 Å². The molecule has 2 nitrogen and oxygen atoms in total. The van der Waals surface area contributed by atoms with E-state index in [2.05, 4.69) is 24.0 Å². The molecule has 0 bridgehead atoms. The molecule has 96 valence electrons. The van der Waals surface area contributed by atoms with Crippen molar-refractivity contribution in [2.75, 3.05) is 26.0 Å². The Hall–Kier alpha value is 0.270. The van der Waals surface area contributed by atoms with Gasteiger partial charge in [-0.15, -0.1) is 0 Å². The Kier molecular flexibility index (Phi) is 8.34. The first kappa shape index (κ1) is 14.3. The van der Waals surface area contributed by atoms with E-state index >= 15 is 0 Å². The van der Waals surface area contributed by atoms with E-state index in [1.165, 1.54) is 44.3 Å². The highest BCUT2D eigenvalue weighted by atomic mass is 32.2. The van der Waals surface area contributed by atoms with Gasteiger partial charge in [0.05, 0.1) is 6.61 Å². The van der Waals surface area contributed by atoms with E-state index in [0.29, 0.717) is 6.04 Å². The molecule has 1 N–H and O–H groups in total. The molecule has 0 aliphatic heterocycles. The zero-order chi connectivity index (χ0) is 11.6. The minimum absolute atomic E-state index is 0.539. The second-order valence-electron chi connectivity index (χ2n) is 4.70. The summed E-state index contributed by atoms with van der Waals surface area (Å²) in [6, 6.07) is 0.539. The summed E-state index contributed by atoms with van der Waals surface area (Å²) in [7, 11) is 1.80. The first-order chi connectivity index (χ1) is 7.86. The van der Waals surface area contributed by atoms with Gasteiger partial charge in [-0.2, -0.15) is 11.8 Å². The van der Waals surface area contributed by atoms with Crippen molar-refractivity contribution < 1.29 is 4.74 Å². The molecule has 1 aliphatic carbocycles. The zero-order valence-electron chi connectivity index (χ0n) is 10.8. The number of hydrogen-bond donors (Lipinski definition) is 1. The average Bonchev–Trinajstić information content (AvgIpc) is 2.34. The van der Waals surface area contributed by atoms with Crippen LogP contribution in [0.15, 0.2) is 0 Å². The first-order valence-corrected chi connectivity index (χ1v) is 7.75. The largest absolute Gasteiger partial charge is 0.383 e. The monoisotopic (exact) mass is 245 g/mol. The lowest BCUT2D eigenvalue weighted by molar-refractivity contribution is 0.174. The maximum absolute atomic E-state index is 5.27. The fraction of sp³-hybridized carbons (Fsp3) is 1.00. The van der Waals surface area contributed by atoms with E-state index in [-0.39, 0.29) is 0 Å². The van der Waals surface area contributed by atoms with E-state index in [4.69, 9.17) is 4.74 Å². The fourth-order valence-corrected chi connectivity index (χ4v) is 3.58. The molecule has 16 heavy (non-hydrogen) atoms. The van der Waals surface area contributed by atoms with Gasteiger partial charge in [-0.25, -0.2) is 0 Å². The molecule has 3 heteroatoms. The van der Waals surface area contributed by atoms with Crippen LogP contribution in [0.5, 0.6) is 0 Å². The van der Waals surface area contributed by atoms with Crippen molar-refractivity contribution in [3.8, 4) is 0 Å². The Labute approximate surface area is 105 Å². The van der Waals surface area contributed by atoms with Crippen LogP contribution in [0, 0.1) is 0 Å². The number of nitrogens with one attached hydrogen (secondary N) is 1. The summed E-state index contributed by atoms with van der Waals surface area (Å²) in [5.41, 5.74) is 0. The predicted octanol–water partition coefficient (Wildman–Crippen LogP) is 3.07. The van der Waals surface area contributed by atoms with Gasteiger partial charge in [0.1, 0.15) is 0 Å². The molecule has 1 saturated carbocycles. The molecule has 1 atom stereocenters. The van der Waals surface area contributed by atoms with Crippen molar-refractivity contribution in [2.24, 2.45) is 0 Å². The quantitative estimate of drug-likeness (QED) is 0.710. The van der Waals surface area contributed by atoms with Gasteiger partial charge in [-0.3, -0.25) is 0 Å². The molecule has 0 aromatic rings. The van der Waals surface area contributed by atoms with Crippen LogP contribution in [-0.4, -0.2) is 37.3 Å². The molecule has 0 amide bonds. The second-order valence-corrected chi connectivity index (χ2v) is 6.03. The van der Waals surface area contributed by atoms with Crippen molar-refractivity contribution in [3.63, 3.8) is 0 Å². The Bertz CT molecular complexity index is 160. The lowest BCUT2D eigenvalue weighted by Gasteiger charge is -2.24. The summed E-state index contributed by atoms with van der Waals surface area (Å²) in [5.74, 6) is 1.21. The molecule has 1 fully saturated rings. The number of rotatable bonds is 8. The van der Waals surface area contributed by atoms with Gasteiger partial charge in [0.15, 0.2) is 0 Å². The van der Waals surface area contributed by atoms with Gasteiger partial charge in [-0.1, -0.05) is 26.2 Å². The highest BCUT2D eigenvalue weighted by molar-refractivity contribution is 7.99. The standard InChI is InChI=1S/C13H27NOS/c1-3-9-14-12(10-15-2)11-16-13-7-5-4-6-8-13/h12-14H,3-11H2,1-2H3. The van der Waals surface area contributed by atoms with Gasteiger partial charge in [-0.05, 0) is 25.8 Å². The third kappa shape index (κ3) is 6.12.